The number of nitrogens with zero attached hydrogens (tertiary/aromatic N) is 2. The van der Waals surface area contributed by atoms with Gasteiger partial charge in [-0.2, -0.15) is 0 Å². The highest BCUT2D eigenvalue weighted by atomic mass is 35.5. The Labute approximate surface area is 149 Å². The van der Waals surface area contributed by atoms with E-state index in [4.69, 9.17) is 11.6 Å². The highest BCUT2D eigenvalue weighted by Crippen LogP contribution is 2.32. The highest BCUT2D eigenvalue weighted by Gasteiger charge is 2.53. The Hall–Kier alpha value is -2.44. The number of halogens is 1. The second-order valence-corrected chi connectivity index (χ2v) is 6.90. The predicted octanol–water partition coefficient (Wildman–Crippen LogP) is 2.34. The van der Waals surface area contributed by atoms with Gasteiger partial charge < -0.3 is 4.90 Å². The van der Waals surface area contributed by atoms with Crippen molar-refractivity contribution in [2.75, 3.05) is 11.4 Å². The number of nitrogens with one attached hydrogen (secondary N) is 1. The van der Waals surface area contributed by atoms with Gasteiger partial charge in [0.15, 0.2) is 12.2 Å². The molecule has 7 heteroatoms. The number of non-ortho nitro benzene ring substituents is 1. The van der Waals surface area contributed by atoms with E-state index in [1.807, 2.05) is 12.1 Å². The van der Waals surface area contributed by atoms with E-state index in [2.05, 4.69) is 0 Å². The lowest BCUT2D eigenvalue weighted by molar-refractivity contribution is -0.924. The van der Waals surface area contributed by atoms with Crippen LogP contribution in [0.3, 0.4) is 0 Å². The Morgan fingerprint density at radius 2 is 1.96 bits per heavy atom. The molecule has 0 aromatic heterocycles. The summed E-state index contributed by atoms with van der Waals surface area (Å²) >= 11 is 6.12. The van der Waals surface area contributed by atoms with Crippen molar-refractivity contribution in [2.45, 2.75) is 25.0 Å². The molecule has 0 spiro atoms. The molecule has 0 radical (unpaired) electrons. The summed E-state index contributed by atoms with van der Waals surface area (Å²) in [5.74, 6) is 0.0955. The third-order valence-corrected chi connectivity index (χ3v) is 5.29. The molecule has 2 aromatic carbocycles. The van der Waals surface area contributed by atoms with Gasteiger partial charge in [0.25, 0.3) is 11.6 Å². The van der Waals surface area contributed by atoms with Crippen LogP contribution < -0.4 is 9.80 Å². The molecule has 4 rings (SSSR count). The van der Waals surface area contributed by atoms with Crippen LogP contribution in [0.25, 0.3) is 0 Å². The van der Waals surface area contributed by atoms with E-state index in [1.165, 1.54) is 17.0 Å². The normalized spacial score (nSPS) is 25.2. The monoisotopic (exact) mass is 358 g/mol. The van der Waals surface area contributed by atoms with Gasteiger partial charge in [-0.1, -0.05) is 17.7 Å². The van der Waals surface area contributed by atoms with Gasteiger partial charge in [0.2, 0.25) is 0 Å². The SMILES string of the molecule is O=C1[C@H]2CCC[NH+]2[C@@H](c2ccc([N+](=O)[O-])cc2)N1c1cccc(Cl)c1. The molecule has 1 amide bonds. The summed E-state index contributed by atoms with van der Waals surface area (Å²) in [6.45, 7) is 0.912. The lowest BCUT2D eigenvalue weighted by Gasteiger charge is -2.26. The molecule has 1 N–H and O–H groups in total. The number of anilines is 1. The average molecular weight is 359 g/mol. The quantitative estimate of drug-likeness (QED) is 0.676. The first kappa shape index (κ1) is 16.1. The molecule has 2 aliphatic heterocycles. The van der Waals surface area contributed by atoms with E-state index in [-0.39, 0.29) is 23.8 Å². The van der Waals surface area contributed by atoms with Crippen LogP contribution in [0.5, 0.6) is 0 Å². The molecule has 2 heterocycles. The molecule has 0 aliphatic carbocycles. The van der Waals surface area contributed by atoms with Gasteiger partial charge in [-0.05, 0) is 30.3 Å². The highest BCUT2D eigenvalue weighted by molar-refractivity contribution is 6.30. The maximum absolute atomic E-state index is 13.0. The van der Waals surface area contributed by atoms with E-state index < -0.39 is 4.92 Å². The second-order valence-electron chi connectivity index (χ2n) is 6.46. The number of quaternary nitrogens is 1. The molecular formula is C18H17ClN3O3+. The van der Waals surface area contributed by atoms with Gasteiger partial charge in [0.05, 0.1) is 17.2 Å². The number of amides is 1. The van der Waals surface area contributed by atoms with Crippen molar-refractivity contribution in [2.24, 2.45) is 0 Å². The third-order valence-electron chi connectivity index (χ3n) is 5.06. The molecule has 25 heavy (non-hydrogen) atoms. The molecule has 1 unspecified atom stereocenters. The minimum atomic E-state index is -0.413. The van der Waals surface area contributed by atoms with Crippen LogP contribution in [0.4, 0.5) is 11.4 Å². The lowest BCUT2D eigenvalue weighted by Crippen LogP contribution is -3.12. The Balaban J connectivity index is 1.78. The Kier molecular flexibility index (Phi) is 3.94. The maximum atomic E-state index is 13.0. The van der Waals surface area contributed by atoms with Crippen molar-refractivity contribution in [3.63, 3.8) is 0 Å². The zero-order chi connectivity index (χ0) is 17.6. The van der Waals surface area contributed by atoms with E-state index in [1.54, 1.807) is 29.2 Å². The number of nitro benzene ring substituents is 1. The van der Waals surface area contributed by atoms with Gasteiger partial charge >= 0.3 is 0 Å². The molecular weight excluding hydrogens is 342 g/mol. The first-order chi connectivity index (χ1) is 12.1. The van der Waals surface area contributed by atoms with Gasteiger partial charge in [0.1, 0.15) is 0 Å². The van der Waals surface area contributed by atoms with Gasteiger partial charge in [-0.15, -0.1) is 0 Å². The van der Waals surface area contributed by atoms with Crippen LogP contribution in [-0.4, -0.2) is 23.4 Å². The number of fused-ring (bicyclic) bond motifs is 1. The van der Waals surface area contributed by atoms with Crippen LogP contribution in [-0.2, 0) is 4.79 Å². The summed E-state index contributed by atoms with van der Waals surface area (Å²) in [6.07, 6.45) is 1.70. The number of nitro groups is 1. The molecule has 128 valence electrons. The maximum Gasteiger partial charge on any atom is 0.290 e. The molecule has 2 aliphatic rings. The zero-order valence-corrected chi connectivity index (χ0v) is 14.1. The van der Waals surface area contributed by atoms with Crippen LogP contribution in [0.1, 0.15) is 24.6 Å². The molecule has 0 bridgehead atoms. The summed E-state index contributed by atoms with van der Waals surface area (Å²) < 4.78 is 0. The van der Waals surface area contributed by atoms with Crippen molar-refractivity contribution in [3.05, 3.63) is 69.2 Å². The number of hydrogen-bond donors (Lipinski definition) is 1. The number of benzene rings is 2. The minimum absolute atomic E-state index is 0.0513. The van der Waals surface area contributed by atoms with E-state index >= 15 is 0 Å². The van der Waals surface area contributed by atoms with E-state index in [0.29, 0.717) is 5.02 Å². The summed E-state index contributed by atoms with van der Waals surface area (Å²) in [6, 6.07) is 13.7. The van der Waals surface area contributed by atoms with Crippen molar-refractivity contribution in [1.82, 2.24) is 0 Å². The summed E-state index contributed by atoms with van der Waals surface area (Å²) in [7, 11) is 0. The first-order valence-corrected chi connectivity index (χ1v) is 8.62. The lowest BCUT2D eigenvalue weighted by atomic mass is 10.1. The van der Waals surface area contributed by atoms with Crippen molar-refractivity contribution in [3.8, 4) is 0 Å². The fourth-order valence-corrected chi connectivity index (χ4v) is 4.17. The zero-order valence-electron chi connectivity index (χ0n) is 13.4. The Morgan fingerprint density at radius 1 is 1.20 bits per heavy atom. The molecule has 2 saturated heterocycles. The van der Waals surface area contributed by atoms with E-state index in [0.717, 1.165) is 30.6 Å². The average Bonchev–Trinajstić information content (AvgIpc) is 3.17. The van der Waals surface area contributed by atoms with Crippen molar-refractivity contribution in [1.29, 1.82) is 0 Å². The molecule has 6 nitrogen and oxygen atoms in total. The minimum Gasteiger partial charge on any atom is -0.301 e. The van der Waals surface area contributed by atoms with Crippen molar-refractivity contribution < 1.29 is 14.6 Å². The predicted molar refractivity (Wildman–Crippen MR) is 93.6 cm³/mol. The number of hydrogen-bond acceptors (Lipinski definition) is 3. The number of carbonyl (C=O) groups excluding carboxylic acids is 1. The topological polar surface area (TPSA) is 67.9 Å². The molecule has 2 fully saturated rings. The van der Waals surface area contributed by atoms with Crippen LogP contribution >= 0.6 is 11.6 Å². The first-order valence-electron chi connectivity index (χ1n) is 8.25. The Bertz CT molecular complexity index is 840. The second kappa shape index (κ2) is 6.13. The van der Waals surface area contributed by atoms with E-state index in [9.17, 15) is 14.9 Å². The standard InChI is InChI=1S/C18H16ClN3O3/c19-13-3-1-4-15(11-13)21-17(20-10-2-5-16(20)18(21)23)12-6-8-14(9-7-12)22(24)25/h1,3-4,6-9,11,16-17H,2,5,10H2/p+1/t16-,17-/m1/s1. The summed E-state index contributed by atoms with van der Waals surface area (Å²) in [4.78, 5) is 26.5. The van der Waals surface area contributed by atoms with Crippen LogP contribution in [0.2, 0.25) is 5.02 Å². The fourth-order valence-electron chi connectivity index (χ4n) is 3.98. The molecule has 3 atom stereocenters. The largest absolute Gasteiger partial charge is 0.301 e. The third kappa shape index (κ3) is 2.67. The smallest absolute Gasteiger partial charge is 0.290 e. The van der Waals surface area contributed by atoms with Crippen LogP contribution in [0.15, 0.2) is 48.5 Å². The van der Waals surface area contributed by atoms with Gasteiger partial charge in [0, 0.05) is 35.6 Å². The molecule has 0 saturated carbocycles. The van der Waals surface area contributed by atoms with Crippen molar-refractivity contribution >= 4 is 28.9 Å². The fraction of sp³-hybridized carbons (Fsp3) is 0.278. The summed E-state index contributed by atoms with van der Waals surface area (Å²) in [5.41, 5.74) is 1.72. The summed E-state index contributed by atoms with van der Waals surface area (Å²) in [5, 5.41) is 11.5. The number of carbonyl (C=O) groups is 1. The van der Waals surface area contributed by atoms with Crippen LogP contribution in [0, 0.1) is 10.1 Å². The Morgan fingerprint density at radius 3 is 2.64 bits per heavy atom. The van der Waals surface area contributed by atoms with Gasteiger partial charge in [-0.3, -0.25) is 19.8 Å². The molecule has 2 aromatic rings. The van der Waals surface area contributed by atoms with Gasteiger partial charge in [-0.25, -0.2) is 0 Å². The number of rotatable bonds is 3.